The molecule has 1 aromatic rings. The molecule has 0 saturated heterocycles. The molecule has 1 aliphatic carbocycles. The van der Waals surface area contributed by atoms with Gasteiger partial charge in [0.05, 0.1) is 0 Å². The first-order valence-electron chi connectivity index (χ1n) is 5.05. The first-order chi connectivity index (χ1) is 6.77. The molecule has 0 aliphatic heterocycles. The van der Waals surface area contributed by atoms with Crippen molar-refractivity contribution in [3.63, 3.8) is 0 Å². The number of halogens is 1. The summed E-state index contributed by atoms with van der Waals surface area (Å²) in [6.07, 6.45) is 4.06. The highest BCUT2D eigenvalue weighted by Crippen LogP contribution is 2.30. The molecule has 1 atom stereocenters. The number of rotatable bonds is 1. The highest BCUT2D eigenvalue weighted by molar-refractivity contribution is 9.10. The van der Waals surface area contributed by atoms with Gasteiger partial charge in [0.1, 0.15) is 5.78 Å². The Bertz CT molecular complexity index is 329. The van der Waals surface area contributed by atoms with Gasteiger partial charge >= 0.3 is 0 Å². The van der Waals surface area contributed by atoms with Gasteiger partial charge in [-0.05, 0) is 30.5 Å². The number of ketones is 1. The molecule has 0 amide bonds. The predicted octanol–water partition coefficient (Wildman–Crippen LogP) is 3.68. The van der Waals surface area contributed by atoms with Crippen LogP contribution in [0, 0.1) is 0 Å². The number of Topliss-reactive ketones (excluding diaryl/α,β-unsaturated/α-hetero) is 1. The predicted molar refractivity (Wildman–Crippen MR) is 60.4 cm³/mol. The summed E-state index contributed by atoms with van der Waals surface area (Å²) >= 11 is 3.40. The van der Waals surface area contributed by atoms with E-state index in [1.807, 2.05) is 12.1 Å². The fraction of sp³-hybridized carbons (Fsp3) is 0.417. The van der Waals surface area contributed by atoms with Crippen LogP contribution >= 0.6 is 15.9 Å². The molecule has 0 heterocycles. The van der Waals surface area contributed by atoms with Crippen molar-refractivity contribution in [1.82, 2.24) is 0 Å². The van der Waals surface area contributed by atoms with Crippen LogP contribution in [0.3, 0.4) is 0 Å². The van der Waals surface area contributed by atoms with Gasteiger partial charge in [-0.2, -0.15) is 0 Å². The van der Waals surface area contributed by atoms with Gasteiger partial charge in [0, 0.05) is 16.8 Å². The molecule has 74 valence electrons. The molecule has 1 aromatic carbocycles. The smallest absolute Gasteiger partial charge is 0.140 e. The van der Waals surface area contributed by atoms with E-state index in [1.54, 1.807) is 0 Å². The highest BCUT2D eigenvalue weighted by Gasteiger charge is 2.23. The summed E-state index contributed by atoms with van der Waals surface area (Å²) in [5.41, 5.74) is 1.18. The van der Waals surface area contributed by atoms with Crippen molar-refractivity contribution < 1.29 is 4.79 Å². The van der Waals surface area contributed by atoms with Crippen molar-refractivity contribution in [2.75, 3.05) is 0 Å². The normalized spacial score (nSPS) is 22.4. The van der Waals surface area contributed by atoms with Crippen molar-refractivity contribution in [1.29, 1.82) is 0 Å². The molecule has 2 heteroatoms. The molecule has 1 aliphatic rings. The molecule has 0 N–H and O–H groups in total. The van der Waals surface area contributed by atoms with Crippen molar-refractivity contribution in [2.45, 2.75) is 31.6 Å². The first-order valence-corrected chi connectivity index (χ1v) is 5.85. The maximum absolute atomic E-state index is 11.7. The Balaban J connectivity index is 2.20. The van der Waals surface area contributed by atoms with Crippen molar-refractivity contribution >= 4 is 21.7 Å². The number of carbonyl (C=O) groups excluding carboxylic acids is 1. The fourth-order valence-corrected chi connectivity index (χ4v) is 2.29. The number of carbonyl (C=O) groups is 1. The molecule has 0 unspecified atom stereocenters. The van der Waals surface area contributed by atoms with Crippen molar-refractivity contribution in [3.8, 4) is 0 Å². The van der Waals surface area contributed by atoms with Gasteiger partial charge in [-0.1, -0.05) is 34.5 Å². The molecule has 2 rings (SSSR count). The third-order valence-corrected chi connectivity index (χ3v) is 3.36. The van der Waals surface area contributed by atoms with Gasteiger partial charge in [0.25, 0.3) is 0 Å². The van der Waals surface area contributed by atoms with Gasteiger partial charge in [-0.25, -0.2) is 0 Å². The van der Waals surface area contributed by atoms with Gasteiger partial charge in [0.15, 0.2) is 0 Å². The van der Waals surface area contributed by atoms with Crippen LogP contribution < -0.4 is 0 Å². The first kappa shape index (κ1) is 9.91. The van der Waals surface area contributed by atoms with Crippen LogP contribution in [0.5, 0.6) is 0 Å². The van der Waals surface area contributed by atoms with Gasteiger partial charge in [0.2, 0.25) is 0 Å². The van der Waals surface area contributed by atoms with E-state index in [0.717, 1.165) is 23.7 Å². The highest BCUT2D eigenvalue weighted by atomic mass is 79.9. The number of hydrogen-bond acceptors (Lipinski definition) is 1. The Kier molecular flexibility index (Phi) is 3.02. The van der Waals surface area contributed by atoms with E-state index >= 15 is 0 Å². The molecular formula is C12H13BrO. The molecule has 0 bridgehead atoms. The molecule has 1 nitrogen and oxygen atoms in total. The fourth-order valence-electron chi connectivity index (χ4n) is 2.03. The summed E-state index contributed by atoms with van der Waals surface area (Å²) in [7, 11) is 0. The zero-order valence-corrected chi connectivity index (χ0v) is 9.59. The molecular weight excluding hydrogens is 240 g/mol. The van der Waals surface area contributed by atoms with Crippen LogP contribution in [0.2, 0.25) is 0 Å². The Morgan fingerprint density at radius 1 is 1.14 bits per heavy atom. The zero-order valence-electron chi connectivity index (χ0n) is 8.00. The van der Waals surface area contributed by atoms with Crippen LogP contribution in [-0.4, -0.2) is 5.78 Å². The van der Waals surface area contributed by atoms with Gasteiger partial charge < -0.3 is 0 Å². The Morgan fingerprint density at radius 2 is 1.86 bits per heavy atom. The lowest BCUT2D eigenvalue weighted by atomic mass is 9.83. The molecule has 1 saturated carbocycles. The monoisotopic (exact) mass is 252 g/mol. The third kappa shape index (κ3) is 2.06. The average Bonchev–Trinajstić information content (AvgIpc) is 2.20. The lowest BCUT2D eigenvalue weighted by molar-refractivity contribution is -0.121. The maximum Gasteiger partial charge on any atom is 0.140 e. The van der Waals surface area contributed by atoms with Gasteiger partial charge in [-0.15, -0.1) is 0 Å². The minimum atomic E-state index is 0.164. The van der Waals surface area contributed by atoms with Crippen LogP contribution in [0.1, 0.15) is 37.2 Å². The quantitative estimate of drug-likeness (QED) is 0.746. The summed E-state index contributed by atoms with van der Waals surface area (Å²) in [4.78, 5) is 11.7. The van der Waals surface area contributed by atoms with E-state index in [0.29, 0.717) is 5.78 Å². The summed E-state index contributed by atoms with van der Waals surface area (Å²) in [6.45, 7) is 0. The average molecular weight is 253 g/mol. The Morgan fingerprint density at radius 3 is 2.50 bits per heavy atom. The van der Waals surface area contributed by atoms with Crippen LogP contribution in [-0.2, 0) is 4.79 Å². The van der Waals surface area contributed by atoms with Crippen molar-refractivity contribution in [3.05, 3.63) is 34.3 Å². The zero-order chi connectivity index (χ0) is 9.97. The molecule has 0 aromatic heterocycles. The summed E-state index contributed by atoms with van der Waals surface area (Å²) in [5, 5.41) is 0. The molecule has 14 heavy (non-hydrogen) atoms. The SMILES string of the molecule is O=C1CCCC[C@@H]1c1ccc(Br)cc1. The Labute approximate surface area is 92.6 Å². The number of hydrogen-bond donors (Lipinski definition) is 0. The number of benzene rings is 1. The standard InChI is InChI=1S/C12H13BrO/c13-10-7-5-9(6-8-10)11-3-1-2-4-12(11)14/h5-8,11H,1-4H2/t11-/m1/s1. The molecule has 0 spiro atoms. The lowest BCUT2D eigenvalue weighted by Crippen LogP contribution is -2.16. The summed E-state index contributed by atoms with van der Waals surface area (Å²) in [6, 6.07) is 8.13. The van der Waals surface area contributed by atoms with Crippen LogP contribution in [0.15, 0.2) is 28.7 Å². The minimum Gasteiger partial charge on any atom is -0.299 e. The van der Waals surface area contributed by atoms with E-state index in [2.05, 4.69) is 28.1 Å². The van der Waals surface area contributed by atoms with Crippen LogP contribution in [0.4, 0.5) is 0 Å². The Hall–Kier alpha value is -0.630. The second kappa shape index (κ2) is 4.26. The third-order valence-electron chi connectivity index (χ3n) is 2.83. The van der Waals surface area contributed by atoms with E-state index in [-0.39, 0.29) is 5.92 Å². The second-order valence-electron chi connectivity index (χ2n) is 3.82. The topological polar surface area (TPSA) is 17.1 Å². The van der Waals surface area contributed by atoms with Crippen LogP contribution in [0.25, 0.3) is 0 Å². The van der Waals surface area contributed by atoms with E-state index in [4.69, 9.17) is 0 Å². The van der Waals surface area contributed by atoms with Crippen molar-refractivity contribution in [2.24, 2.45) is 0 Å². The summed E-state index contributed by atoms with van der Waals surface area (Å²) in [5.74, 6) is 0.579. The second-order valence-corrected chi connectivity index (χ2v) is 4.73. The maximum atomic E-state index is 11.7. The van der Waals surface area contributed by atoms with E-state index < -0.39 is 0 Å². The molecule has 1 fully saturated rings. The largest absolute Gasteiger partial charge is 0.299 e. The van der Waals surface area contributed by atoms with E-state index in [1.165, 1.54) is 12.0 Å². The van der Waals surface area contributed by atoms with Gasteiger partial charge in [-0.3, -0.25) is 4.79 Å². The van der Waals surface area contributed by atoms with E-state index in [9.17, 15) is 4.79 Å². The summed E-state index contributed by atoms with van der Waals surface area (Å²) < 4.78 is 1.07. The lowest BCUT2D eigenvalue weighted by Gasteiger charge is -2.20. The molecule has 0 radical (unpaired) electrons. The minimum absolute atomic E-state index is 0.164.